The molecule has 1 aromatic heterocycles. The van der Waals surface area contributed by atoms with Crippen molar-refractivity contribution >= 4 is 17.8 Å². The highest BCUT2D eigenvalue weighted by Gasteiger charge is 2.39. The van der Waals surface area contributed by atoms with Gasteiger partial charge in [0.2, 0.25) is 11.8 Å². The summed E-state index contributed by atoms with van der Waals surface area (Å²) in [5, 5.41) is 7.03. The normalized spacial score (nSPS) is 20.8. The highest BCUT2D eigenvalue weighted by atomic mass is 16.5. The van der Waals surface area contributed by atoms with E-state index in [4.69, 9.17) is 0 Å². The van der Waals surface area contributed by atoms with E-state index in [9.17, 15) is 14.4 Å². The molecule has 0 bridgehead atoms. The molecule has 2 unspecified atom stereocenters. The largest absolute Gasteiger partial charge is 0.466 e. The van der Waals surface area contributed by atoms with E-state index in [-0.39, 0.29) is 23.8 Å². The van der Waals surface area contributed by atoms with Gasteiger partial charge < -0.3 is 15.0 Å². The second-order valence-corrected chi connectivity index (χ2v) is 6.05. The van der Waals surface area contributed by atoms with Crippen molar-refractivity contribution in [3.05, 3.63) is 30.1 Å². The third kappa shape index (κ3) is 4.68. The second kappa shape index (κ2) is 8.46. The number of nitrogens with zero attached hydrogens (tertiary/aromatic N) is 3. The molecule has 2 atom stereocenters. The van der Waals surface area contributed by atoms with Crippen molar-refractivity contribution in [3.8, 4) is 0 Å². The van der Waals surface area contributed by atoms with Crippen LogP contribution in [0.1, 0.15) is 30.9 Å². The van der Waals surface area contributed by atoms with E-state index < -0.39 is 5.97 Å². The van der Waals surface area contributed by atoms with Gasteiger partial charge in [0.1, 0.15) is 0 Å². The number of carbonyl (C=O) groups is 3. The average Bonchev–Trinajstić information content (AvgIpc) is 3.02. The number of amides is 2. The van der Waals surface area contributed by atoms with Gasteiger partial charge in [0.05, 0.1) is 25.3 Å². The van der Waals surface area contributed by atoms with Crippen LogP contribution in [-0.2, 0) is 26.2 Å². The summed E-state index contributed by atoms with van der Waals surface area (Å²) >= 11 is 0. The van der Waals surface area contributed by atoms with E-state index in [0.29, 0.717) is 25.8 Å². The zero-order valence-corrected chi connectivity index (χ0v) is 14.8. The molecule has 0 radical (unpaired) electrons. The van der Waals surface area contributed by atoms with Crippen LogP contribution < -0.4 is 5.32 Å². The third-order valence-corrected chi connectivity index (χ3v) is 4.33. The minimum Gasteiger partial charge on any atom is -0.466 e. The number of aromatic nitrogens is 2. The quantitative estimate of drug-likeness (QED) is 0.461. The maximum Gasteiger partial charge on any atom is 0.330 e. The fourth-order valence-electron chi connectivity index (χ4n) is 3.02. The van der Waals surface area contributed by atoms with Crippen molar-refractivity contribution < 1.29 is 19.1 Å². The average molecular weight is 348 g/mol. The first-order chi connectivity index (χ1) is 11.9. The zero-order valence-electron chi connectivity index (χ0n) is 14.8. The van der Waals surface area contributed by atoms with Gasteiger partial charge in [-0.1, -0.05) is 6.08 Å². The van der Waals surface area contributed by atoms with Crippen LogP contribution in [0.3, 0.4) is 0 Å². The molecular weight excluding hydrogens is 324 g/mol. The number of methoxy groups -OCH3 is 1. The van der Waals surface area contributed by atoms with Gasteiger partial charge in [-0.3, -0.25) is 14.3 Å². The Morgan fingerprint density at radius 3 is 2.84 bits per heavy atom. The van der Waals surface area contributed by atoms with Gasteiger partial charge in [0.15, 0.2) is 0 Å². The van der Waals surface area contributed by atoms with Crippen LogP contribution in [0.25, 0.3) is 0 Å². The molecule has 136 valence electrons. The summed E-state index contributed by atoms with van der Waals surface area (Å²) in [6, 6.07) is -0.319. The molecular formula is C17H24N4O4. The summed E-state index contributed by atoms with van der Waals surface area (Å²) in [4.78, 5) is 37.3. The molecule has 8 nitrogen and oxygen atoms in total. The molecule has 1 aliphatic rings. The molecule has 1 aliphatic heterocycles. The number of ether oxygens (including phenoxy) is 1. The number of esters is 1. The smallest absolute Gasteiger partial charge is 0.330 e. The Balaban J connectivity index is 1.99. The Bertz CT molecular complexity index is 667. The lowest BCUT2D eigenvalue weighted by atomic mass is 9.85. The monoisotopic (exact) mass is 348 g/mol. The van der Waals surface area contributed by atoms with Gasteiger partial charge in [-0.2, -0.15) is 5.10 Å². The van der Waals surface area contributed by atoms with Gasteiger partial charge >= 0.3 is 5.97 Å². The molecule has 2 heterocycles. The number of likely N-dealkylation sites (tertiary alicyclic amines) is 1. The topological polar surface area (TPSA) is 93.5 Å². The number of piperidine rings is 1. The first kappa shape index (κ1) is 18.7. The summed E-state index contributed by atoms with van der Waals surface area (Å²) in [6.07, 6.45) is 7.90. The molecule has 2 rings (SSSR count). The molecule has 1 saturated heterocycles. The van der Waals surface area contributed by atoms with E-state index in [2.05, 4.69) is 15.2 Å². The Morgan fingerprint density at radius 2 is 2.20 bits per heavy atom. The lowest BCUT2D eigenvalue weighted by Crippen LogP contribution is -2.46. The van der Waals surface area contributed by atoms with Crippen molar-refractivity contribution in [3.63, 3.8) is 0 Å². The van der Waals surface area contributed by atoms with Crippen molar-refractivity contribution in [1.82, 2.24) is 20.0 Å². The Kier molecular flexibility index (Phi) is 6.32. The van der Waals surface area contributed by atoms with Gasteiger partial charge in [0.25, 0.3) is 0 Å². The molecule has 0 spiro atoms. The first-order valence-electron chi connectivity index (χ1n) is 8.20. The Labute approximate surface area is 146 Å². The summed E-state index contributed by atoms with van der Waals surface area (Å²) in [7, 11) is 4.84. The molecule has 0 aromatic carbocycles. The van der Waals surface area contributed by atoms with Crippen LogP contribution in [0.15, 0.2) is 24.5 Å². The molecule has 0 saturated carbocycles. The number of hydrogen-bond donors (Lipinski definition) is 1. The highest BCUT2D eigenvalue weighted by molar-refractivity contribution is 5.85. The van der Waals surface area contributed by atoms with E-state index in [1.54, 1.807) is 35.9 Å². The Hall–Kier alpha value is -2.64. The van der Waals surface area contributed by atoms with Gasteiger partial charge in [-0.15, -0.1) is 0 Å². The van der Waals surface area contributed by atoms with E-state index in [1.807, 2.05) is 6.20 Å². The predicted molar refractivity (Wildman–Crippen MR) is 90.2 cm³/mol. The standard InChI is InChI=1S/C17H24N4O4/c1-20-11-12(10-19-20)16-13(7-8-14(22)21(16)2)17(24)18-9-5-4-6-15(23)25-3/h4,6,10-11,13,16H,5,7-9H2,1-3H3,(H,18,24)/b6-4+. The van der Waals surface area contributed by atoms with Crippen molar-refractivity contribution in [2.24, 2.45) is 13.0 Å². The third-order valence-electron chi connectivity index (χ3n) is 4.33. The first-order valence-corrected chi connectivity index (χ1v) is 8.20. The SMILES string of the molecule is COC(=O)/C=C/CCNC(=O)C1CCC(=O)N(C)C1c1cnn(C)c1. The molecule has 1 fully saturated rings. The van der Waals surface area contributed by atoms with Crippen LogP contribution in [0.5, 0.6) is 0 Å². The predicted octanol–water partition coefficient (Wildman–Crippen LogP) is 0.565. The maximum atomic E-state index is 12.6. The van der Waals surface area contributed by atoms with Crippen molar-refractivity contribution in [2.45, 2.75) is 25.3 Å². The number of nitrogens with one attached hydrogen (secondary N) is 1. The van der Waals surface area contributed by atoms with Crippen molar-refractivity contribution in [2.75, 3.05) is 20.7 Å². The van der Waals surface area contributed by atoms with Crippen LogP contribution >= 0.6 is 0 Å². The van der Waals surface area contributed by atoms with Crippen LogP contribution in [0.2, 0.25) is 0 Å². The van der Waals surface area contributed by atoms with Crippen LogP contribution in [0.4, 0.5) is 0 Å². The minimum atomic E-state index is -0.421. The summed E-state index contributed by atoms with van der Waals surface area (Å²) < 4.78 is 6.16. The second-order valence-electron chi connectivity index (χ2n) is 6.05. The number of hydrogen-bond acceptors (Lipinski definition) is 5. The summed E-state index contributed by atoms with van der Waals surface area (Å²) in [6.45, 7) is 0.417. The molecule has 8 heteroatoms. The van der Waals surface area contributed by atoms with Crippen molar-refractivity contribution in [1.29, 1.82) is 0 Å². The number of aryl methyl sites for hydroxylation is 1. The molecule has 2 amide bonds. The van der Waals surface area contributed by atoms with Gasteiger partial charge in [0, 0.05) is 44.9 Å². The number of rotatable bonds is 6. The van der Waals surface area contributed by atoms with E-state index in [0.717, 1.165) is 5.56 Å². The van der Waals surface area contributed by atoms with Gasteiger partial charge in [-0.25, -0.2) is 4.79 Å². The molecule has 0 aliphatic carbocycles. The minimum absolute atomic E-state index is 0.0268. The van der Waals surface area contributed by atoms with Crippen LogP contribution in [-0.4, -0.2) is 53.2 Å². The summed E-state index contributed by atoms with van der Waals surface area (Å²) in [5.41, 5.74) is 0.851. The molecule has 25 heavy (non-hydrogen) atoms. The number of carbonyl (C=O) groups excluding carboxylic acids is 3. The van der Waals surface area contributed by atoms with E-state index in [1.165, 1.54) is 13.2 Å². The van der Waals surface area contributed by atoms with Gasteiger partial charge in [-0.05, 0) is 12.8 Å². The van der Waals surface area contributed by atoms with E-state index >= 15 is 0 Å². The molecule has 1 aromatic rings. The zero-order chi connectivity index (χ0) is 18.4. The maximum absolute atomic E-state index is 12.6. The fraction of sp³-hybridized carbons (Fsp3) is 0.529. The lowest BCUT2D eigenvalue weighted by molar-refractivity contribution is -0.141. The highest BCUT2D eigenvalue weighted by Crippen LogP contribution is 2.35. The summed E-state index contributed by atoms with van der Waals surface area (Å²) in [5.74, 6) is -0.814. The van der Waals surface area contributed by atoms with Crippen LogP contribution in [0, 0.1) is 5.92 Å². The Morgan fingerprint density at radius 1 is 1.44 bits per heavy atom. The fourth-order valence-corrected chi connectivity index (χ4v) is 3.02. The lowest BCUT2D eigenvalue weighted by Gasteiger charge is -2.37. The molecule has 1 N–H and O–H groups in total.